The van der Waals surface area contributed by atoms with Crippen LogP contribution in [0, 0.1) is 0 Å². The quantitative estimate of drug-likeness (QED) is 0.881. The zero-order valence-corrected chi connectivity index (χ0v) is 13.7. The number of nitrogens with one attached hydrogen (secondary N) is 1. The maximum Gasteiger partial charge on any atom is 0.124 e. The molecular weight excluding hydrogens is 286 g/mol. The number of rotatable bonds is 6. The summed E-state index contributed by atoms with van der Waals surface area (Å²) in [5.74, 6) is 0.844. The van der Waals surface area contributed by atoms with Gasteiger partial charge in [0.25, 0.3) is 0 Å². The van der Waals surface area contributed by atoms with Gasteiger partial charge < -0.3 is 10.1 Å². The van der Waals surface area contributed by atoms with Crippen molar-refractivity contribution in [3.8, 4) is 5.75 Å². The minimum atomic E-state index is -0.0523. The molecular formula is C16H22ClN3O. The van der Waals surface area contributed by atoms with Gasteiger partial charge in [0.05, 0.1) is 30.1 Å². The molecule has 0 aliphatic rings. The highest BCUT2D eigenvalue weighted by atomic mass is 35.5. The van der Waals surface area contributed by atoms with Crippen LogP contribution >= 0.6 is 11.6 Å². The van der Waals surface area contributed by atoms with Crippen molar-refractivity contribution >= 4 is 11.6 Å². The third-order valence-corrected chi connectivity index (χ3v) is 3.70. The van der Waals surface area contributed by atoms with E-state index >= 15 is 0 Å². The molecule has 2 rings (SSSR count). The van der Waals surface area contributed by atoms with Gasteiger partial charge in [-0.1, -0.05) is 36.7 Å². The van der Waals surface area contributed by atoms with Gasteiger partial charge >= 0.3 is 0 Å². The Bertz CT molecular complexity index is 595. The molecule has 5 heteroatoms. The minimum absolute atomic E-state index is 0.0523. The van der Waals surface area contributed by atoms with Crippen LogP contribution in [0.15, 0.2) is 30.5 Å². The molecule has 0 amide bonds. The van der Waals surface area contributed by atoms with Gasteiger partial charge in [0.15, 0.2) is 0 Å². The molecule has 1 heterocycles. The summed E-state index contributed by atoms with van der Waals surface area (Å²) in [4.78, 5) is 0. The lowest BCUT2D eigenvalue weighted by molar-refractivity contribution is 0.400. The van der Waals surface area contributed by atoms with Gasteiger partial charge in [0, 0.05) is 11.6 Å². The first-order valence-corrected chi connectivity index (χ1v) is 7.57. The van der Waals surface area contributed by atoms with Crippen LogP contribution in [0.5, 0.6) is 5.75 Å². The molecule has 0 radical (unpaired) electrons. The number of methoxy groups -OCH3 is 1. The van der Waals surface area contributed by atoms with Crippen LogP contribution in [0.3, 0.4) is 0 Å². The summed E-state index contributed by atoms with van der Waals surface area (Å²) in [7, 11) is 1.68. The van der Waals surface area contributed by atoms with Crippen molar-refractivity contribution in [3.05, 3.63) is 46.7 Å². The van der Waals surface area contributed by atoms with E-state index in [1.54, 1.807) is 13.3 Å². The second kappa shape index (κ2) is 6.96. The fourth-order valence-electron chi connectivity index (χ4n) is 2.50. The monoisotopic (exact) mass is 307 g/mol. The van der Waals surface area contributed by atoms with Crippen LogP contribution in [0.1, 0.15) is 44.1 Å². The van der Waals surface area contributed by atoms with Crippen molar-refractivity contribution in [1.82, 2.24) is 15.1 Å². The van der Waals surface area contributed by atoms with Crippen LogP contribution < -0.4 is 10.1 Å². The average molecular weight is 308 g/mol. The van der Waals surface area contributed by atoms with E-state index in [0.29, 0.717) is 5.02 Å². The van der Waals surface area contributed by atoms with E-state index in [4.69, 9.17) is 16.3 Å². The largest absolute Gasteiger partial charge is 0.496 e. The van der Waals surface area contributed by atoms with E-state index in [1.807, 2.05) is 22.9 Å². The third kappa shape index (κ3) is 3.22. The van der Waals surface area contributed by atoms with Crippen LogP contribution in [0.2, 0.25) is 5.02 Å². The van der Waals surface area contributed by atoms with Gasteiger partial charge in [0.2, 0.25) is 0 Å². The van der Waals surface area contributed by atoms with Gasteiger partial charge in [-0.15, -0.1) is 0 Å². The van der Waals surface area contributed by atoms with E-state index in [1.165, 1.54) is 0 Å². The van der Waals surface area contributed by atoms with Crippen LogP contribution in [-0.2, 0) is 0 Å². The van der Waals surface area contributed by atoms with E-state index < -0.39 is 0 Å². The smallest absolute Gasteiger partial charge is 0.124 e. The van der Waals surface area contributed by atoms with Gasteiger partial charge in [-0.05, 0) is 26.5 Å². The van der Waals surface area contributed by atoms with E-state index in [9.17, 15) is 0 Å². The van der Waals surface area contributed by atoms with Crippen molar-refractivity contribution in [2.45, 2.75) is 32.9 Å². The van der Waals surface area contributed by atoms with Gasteiger partial charge in [0.1, 0.15) is 5.75 Å². The molecule has 21 heavy (non-hydrogen) atoms. The van der Waals surface area contributed by atoms with Crippen molar-refractivity contribution in [1.29, 1.82) is 0 Å². The SMILES string of the molecule is CCNC(c1ccccc1OC)c1c(Cl)cnn1C(C)C. The fourth-order valence-corrected chi connectivity index (χ4v) is 2.73. The van der Waals surface area contributed by atoms with Gasteiger partial charge in [-0.3, -0.25) is 4.68 Å². The Balaban J connectivity index is 2.56. The number of hydrogen-bond donors (Lipinski definition) is 1. The second-order valence-corrected chi connectivity index (χ2v) is 5.56. The lowest BCUT2D eigenvalue weighted by Gasteiger charge is -2.23. The normalized spacial score (nSPS) is 12.7. The van der Waals surface area contributed by atoms with E-state index in [0.717, 1.165) is 23.6 Å². The number of nitrogens with zero attached hydrogens (tertiary/aromatic N) is 2. The molecule has 1 N–H and O–H groups in total. The molecule has 0 aliphatic heterocycles. The fraction of sp³-hybridized carbons (Fsp3) is 0.438. The summed E-state index contributed by atoms with van der Waals surface area (Å²) < 4.78 is 7.46. The number of benzene rings is 1. The first kappa shape index (κ1) is 15.9. The van der Waals surface area contributed by atoms with Crippen LogP contribution in [0.4, 0.5) is 0 Å². The molecule has 4 nitrogen and oxygen atoms in total. The van der Waals surface area contributed by atoms with Crippen LogP contribution in [-0.4, -0.2) is 23.4 Å². The number of halogens is 1. The standard InChI is InChI=1S/C16H22ClN3O/c1-5-18-15(12-8-6-7-9-14(12)21-4)16-13(17)10-19-20(16)11(2)3/h6-11,15,18H,5H2,1-4H3. The number of ether oxygens (including phenoxy) is 1. The predicted molar refractivity (Wildman–Crippen MR) is 86.1 cm³/mol. The lowest BCUT2D eigenvalue weighted by Crippen LogP contribution is -2.26. The summed E-state index contributed by atoms with van der Waals surface area (Å²) in [6, 6.07) is 8.18. The minimum Gasteiger partial charge on any atom is -0.496 e. The maximum absolute atomic E-state index is 6.40. The van der Waals surface area contributed by atoms with Gasteiger partial charge in [-0.2, -0.15) is 5.10 Å². The topological polar surface area (TPSA) is 39.1 Å². The Morgan fingerprint density at radius 1 is 1.33 bits per heavy atom. The summed E-state index contributed by atoms with van der Waals surface area (Å²) >= 11 is 6.40. The van der Waals surface area contributed by atoms with E-state index in [-0.39, 0.29) is 12.1 Å². The third-order valence-electron chi connectivity index (χ3n) is 3.41. The molecule has 0 spiro atoms. The zero-order valence-electron chi connectivity index (χ0n) is 12.9. The highest BCUT2D eigenvalue weighted by Gasteiger charge is 2.24. The Morgan fingerprint density at radius 3 is 2.67 bits per heavy atom. The summed E-state index contributed by atoms with van der Waals surface area (Å²) in [6.07, 6.45) is 1.71. The number of hydrogen-bond acceptors (Lipinski definition) is 3. The average Bonchev–Trinajstić information content (AvgIpc) is 2.86. The number of para-hydroxylation sites is 1. The van der Waals surface area contributed by atoms with Crippen molar-refractivity contribution in [2.75, 3.05) is 13.7 Å². The Labute approximate surface area is 131 Å². The van der Waals surface area contributed by atoms with E-state index in [2.05, 4.69) is 37.3 Å². The maximum atomic E-state index is 6.40. The molecule has 114 valence electrons. The first-order chi connectivity index (χ1) is 10.1. The molecule has 0 bridgehead atoms. The molecule has 1 unspecified atom stereocenters. The predicted octanol–water partition coefficient (Wildman–Crippen LogP) is 3.82. The molecule has 0 saturated heterocycles. The Kier molecular flexibility index (Phi) is 5.26. The Hall–Kier alpha value is -1.52. The summed E-state index contributed by atoms with van der Waals surface area (Å²) in [5.41, 5.74) is 2.03. The molecule has 2 aromatic rings. The van der Waals surface area contributed by atoms with Crippen molar-refractivity contribution in [2.24, 2.45) is 0 Å². The lowest BCUT2D eigenvalue weighted by atomic mass is 10.0. The molecule has 0 fully saturated rings. The molecule has 1 atom stereocenters. The molecule has 0 aliphatic carbocycles. The molecule has 1 aromatic carbocycles. The first-order valence-electron chi connectivity index (χ1n) is 7.19. The second-order valence-electron chi connectivity index (χ2n) is 5.15. The van der Waals surface area contributed by atoms with Crippen LogP contribution in [0.25, 0.3) is 0 Å². The van der Waals surface area contributed by atoms with Gasteiger partial charge in [-0.25, -0.2) is 0 Å². The Morgan fingerprint density at radius 2 is 2.05 bits per heavy atom. The highest BCUT2D eigenvalue weighted by molar-refractivity contribution is 6.31. The van der Waals surface area contributed by atoms with Crippen molar-refractivity contribution < 1.29 is 4.74 Å². The summed E-state index contributed by atoms with van der Waals surface area (Å²) in [5, 5.41) is 8.56. The molecule has 1 aromatic heterocycles. The highest BCUT2D eigenvalue weighted by Crippen LogP contribution is 2.34. The number of aromatic nitrogens is 2. The summed E-state index contributed by atoms with van der Waals surface area (Å²) in [6.45, 7) is 7.09. The molecule has 0 saturated carbocycles. The zero-order chi connectivity index (χ0) is 15.4. The van der Waals surface area contributed by atoms with Crippen molar-refractivity contribution in [3.63, 3.8) is 0 Å².